The number of nitrogens with zero attached hydrogens (tertiary/aromatic N) is 1. The molecule has 0 aliphatic carbocycles. The standard InChI is InChI=1S/C11H18NO/c1-9(11(2,3)4)10-7-5-6-8-12(10)13/h5-9,13H,1-4H3/q+1. The minimum Gasteiger partial charge on any atom is -0.285 e. The van der Waals surface area contributed by atoms with Crippen LogP contribution in [0.25, 0.3) is 0 Å². The van der Waals surface area contributed by atoms with Gasteiger partial charge in [0.2, 0.25) is 11.9 Å². The molecule has 1 aromatic rings. The Balaban J connectivity index is 3.02. The Kier molecular flexibility index (Phi) is 2.60. The van der Waals surface area contributed by atoms with Crippen molar-refractivity contribution in [2.24, 2.45) is 5.41 Å². The van der Waals surface area contributed by atoms with Gasteiger partial charge in [-0.1, -0.05) is 27.7 Å². The van der Waals surface area contributed by atoms with Crippen LogP contribution in [0, 0.1) is 5.41 Å². The largest absolute Gasteiger partial charge is 0.285 e. The SMILES string of the molecule is CC(c1cccc[n+]1O)C(C)(C)C. The third kappa shape index (κ3) is 2.20. The molecule has 1 atom stereocenters. The van der Waals surface area contributed by atoms with Gasteiger partial charge in [-0.05, 0) is 11.5 Å². The predicted octanol–water partition coefficient (Wildman–Crippen LogP) is 2.36. The van der Waals surface area contributed by atoms with E-state index in [0.29, 0.717) is 5.92 Å². The number of aromatic nitrogens is 1. The number of rotatable bonds is 1. The summed E-state index contributed by atoms with van der Waals surface area (Å²) in [5.74, 6) is 0.332. The van der Waals surface area contributed by atoms with Crippen molar-refractivity contribution in [2.75, 3.05) is 0 Å². The highest BCUT2D eigenvalue weighted by molar-refractivity contribution is 5.05. The van der Waals surface area contributed by atoms with E-state index in [0.717, 1.165) is 5.69 Å². The molecular formula is C11H18NO+. The highest BCUT2D eigenvalue weighted by Gasteiger charge is 2.28. The van der Waals surface area contributed by atoms with Crippen LogP contribution in [0.5, 0.6) is 0 Å². The zero-order valence-corrected chi connectivity index (χ0v) is 8.78. The van der Waals surface area contributed by atoms with E-state index in [1.807, 2.05) is 18.2 Å². The van der Waals surface area contributed by atoms with Gasteiger partial charge in [0.05, 0.1) is 5.92 Å². The lowest BCUT2D eigenvalue weighted by atomic mass is 9.80. The van der Waals surface area contributed by atoms with Crippen LogP contribution < -0.4 is 4.73 Å². The quantitative estimate of drug-likeness (QED) is 0.520. The van der Waals surface area contributed by atoms with Crippen molar-refractivity contribution in [3.8, 4) is 0 Å². The van der Waals surface area contributed by atoms with Crippen molar-refractivity contribution in [3.63, 3.8) is 0 Å². The van der Waals surface area contributed by atoms with Crippen molar-refractivity contribution >= 4 is 0 Å². The summed E-state index contributed by atoms with van der Waals surface area (Å²) in [7, 11) is 0. The van der Waals surface area contributed by atoms with Gasteiger partial charge >= 0.3 is 0 Å². The molecule has 1 aromatic heterocycles. The highest BCUT2D eigenvalue weighted by Crippen LogP contribution is 2.32. The summed E-state index contributed by atoms with van der Waals surface area (Å²) in [5.41, 5.74) is 1.13. The molecule has 0 bridgehead atoms. The van der Waals surface area contributed by atoms with E-state index in [1.54, 1.807) is 6.20 Å². The van der Waals surface area contributed by atoms with Gasteiger partial charge in [0.1, 0.15) is 0 Å². The summed E-state index contributed by atoms with van der Waals surface area (Å²) in [6, 6.07) is 5.72. The minimum absolute atomic E-state index is 0.172. The summed E-state index contributed by atoms with van der Waals surface area (Å²) >= 11 is 0. The van der Waals surface area contributed by atoms with E-state index in [-0.39, 0.29) is 5.41 Å². The third-order valence-corrected chi connectivity index (χ3v) is 2.61. The van der Waals surface area contributed by atoms with Crippen molar-refractivity contribution in [3.05, 3.63) is 30.1 Å². The summed E-state index contributed by atoms with van der Waals surface area (Å²) in [5, 5.41) is 9.56. The van der Waals surface area contributed by atoms with Crippen molar-refractivity contribution in [2.45, 2.75) is 33.6 Å². The summed E-state index contributed by atoms with van der Waals surface area (Å²) in [6.07, 6.45) is 1.66. The molecule has 0 saturated carbocycles. The van der Waals surface area contributed by atoms with Crippen LogP contribution in [0.15, 0.2) is 24.4 Å². The maximum Gasteiger partial charge on any atom is 0.237 e. The molecule has 1 heterocycles. The van der Waals surface area contributed by atoms with Crippen molar-refractivity contribution in [1.29, 1.82) is 0 Å². The van der Waals surface area contributed by atoms with Crippen LogP contribution in [0.4, 0.5) is 0 Å². The van der Waals surface area contributed by atoms with E-state index >= 15 is 0 Å². The normalized spacial score (nSPS) is 14.2. The Labute approximate surface area is 79.8 Å². The Morgan fingerprint density at radius 2 is 1.92 bits per heavy atom. The zero-order valence-electron chi connectivity index (χ0n) is 8.78. The van der Waals surface area contributed by atoms with Crippen LogP contribution in [-0.4, -0.2) is 5.21 Å². The van der Waals surface area contributed by atoms with E-state index in [2.05, 4.69) is 27.7 Å². The maximum absolute atomic E-state index is 9.56. The second-order valence-electron chi connectivity index (χ2n) is 4.56. The fraction of sp³-hybridized carbons (Fsp3) is 0.545. The first-order valence-corrected chi connectivity index (χ1v) is 4.63. The third-order valence-electron chi connectivity index (χ3n) is 2.61. The fourth-order valence-corrected chi connectivity index (χ4v) is 1.23. The van der Waals surface area contributed by atoms with Crippen molar-refractivity contribution in [1.82, 2.24) is 0 Å². The molecular weight excluding hydrogens is 162 g/mol. The maximum atomic E-state index is 9.56. The Hall–Kier alpha value is -1.05. The van der Waals surface area contributed by atoms with Crippen LogP contribution in [0.3, 0.4) is 0 Å². The van der Waals surface area contributed by atoms with Gasteiger partial charge in [0.15, 0.2) is 0 Å². The molecule has 1 unspecified atom stereocenters. The topological polar surface area (TPSA) is 24.1 Å². The first kappa shape index (κ1) is 10.0. The molecule has 0 spiro atoms. The fourth-order valence-electron chi connectivity index (χ4n) is 1.23. The molecule has 2 nitrogen and oxygen atoms in total. The highest BCUT2D eigenvalue weighted by atomic mass is 16.5. The molecule has 0 radical (unpaired) electrons. The van der Waals surface area contributed by atoms with E-state index < -0.39 is 0 Å². The predicted molar refractivity (Wildman–Crippen MR) is 51.7 cm³/mol. The first-order valence-electron chi connectivity index (χ1n) is 4.63. The van der Waals surface area contributed by atoms with Crippen molar-refractivity contribution < 1.29 is 9.94 Å². The van der Waals surface area contributed by atoms with Gasteiger partial charge in [-0.3, -0.25) is 5.21 Å². The van der Waals surface area contributed by atoms with Crippen LogP contribution in [-0.2, 0) is 0 Å². The summed E-state index contributed by atoms with van der Waals surface area (Å²) in [6.45, 7) is 8.64. The van der Waals surface area contributed by atoms with Crippen LogP contribution in [0.2, 0.25) is 0 Å². The molecule has 1 rings (SSSR count). The molecule has 0 aliphatic heterocycles. The zero-order chi connectivity index (χ0) is 10.1. The second-order valence-corrected chi connectivity index (χ2v) is 4.56. The summed E-state index contributed by atoms with van der Waals surface area (Å²) < 4.78 is 1.20. The van der Waals surface area contributed by atoms with Gasteiger partial charge < -0.3 is 0 Å². The Morgan fingerprint density at radius 1 is 1.31 bits per heavy atom. The molecule has 0 amide bonds. The average molecular weight is 180 g/mol. The Bertz CT molecular complexity index is 288. The van der Waals surface area contributed by atoms with Gasteiger partial charge in [0, 0.05) is 16.9 Å². The average Bonchev–Trinajstić information content (AvgIpc) is 2.02. The lowest BCUT2D eigenvalue weighted by Gasteiger charge is -2.23. The molecule has 0 fully saturated rings. The Morgan fingerprint density at radius 3 is 2.38 bits per heavy atom. The lowest BCUT2D eigenvalue weighted by molar-refractivity contribution is -0.910. The van der Waals surface area contributed by atoms with E-state index in [1.165, 1.54) is 4.73 Å². The minimum atomic E-state index is 0.172. The van der Waals surface area contributed by atoms with Crippen LogP contribution in [0.1, 0.15) is 39.3 Å². The molecule has 0 aromatic carbocycles. The molecule has 1 N–H and O–H groups in total. The molecule has 0 aliphatic rings. The number of hydrogen-bond acceptors (Lipinski definition) is 1. The molecule has 72 valence electrons. The monoisotopic (exact) mass is 180 g/mol. The smallest absolute Gasteiger partial charge is 0.237 e. The van der Waals surface area contributed by atoms with E-state index in [9.17, 15) is 5.21 Å². The molecule has 0 saturated heterocycles. The number of pyridine rings is 1. The molecule has 13 heavy (non-hydrogen) atoms. The second kappa shape index (κ2) is 3.36. The summed E-state index contributed by atoms with van der Waals surface area (Å²) in [4.78, 5) is 0. The van der Waals surface area contributed by atoms with Crippen LogP contribution >= 0.6 is 0 Å². The van der Waals surface area contributed by atoms with Gasteiger partial charge in [-0.15, -0.1) is 0 Å². The lowest BCUT2D eigenvalue weighted by Crippen LogP contribution is -2.38. The molecule has 2 heteroatoms. The van der Waals surface area contributed by atoms with Gasteiger partial charge in [-0.25, -0.2) is 0 Å². The van der Waals surface area contributed by atoms with E-state index in [4.69, 9.17) is 0 Å². The van der Waals surface area contributed by atoms with Gasteiger partial charge in [-0.2, -0.15) is 0 Å². The van der Waals surface area contributed by atoms with Gasteiger partial charge in [0.25, 0.3) is 0 Å². The number of hydrogen-bond donors (Lipinski definition) is 1. The first-order chi connectivity index (χ1) is 5.93.